The number of aromatic nitrogens is 4. The molecule has 0 bridgehead atoms. The summed E-state index contributed by atoms with van der Waals surface area (Å²) in [5, 5.41) is 42.5. The molecule has 2 aliphatic rings. The minimum atomic E-state index is -3.75. The van der Waals surface area contributed by atoms with E-state index in [-0.39, 0.29) is 30.6 Å². The average Bonchev–Trinajstić information content (AvgIpc) is 3.55. The molecule has 0 spiro atoms. The Balaban J connectivity index is 1.13. The summed E-state index contributed by atoms with van der Waals surface area (Å²) < 4.78 is 43.2. The first kappa shape index (κ1) is 26.7. The summed E-state index contributed by atoms with van der Waals surface area (Å²) in [5.41, 5.74) is -0.160. The third-order valence-corrected chi connectivity index (χ3v) is 7.84. The van der Waals surface area contributed by atoms with Crippen LogP contribution in [0.25, 0.3) is 11.2 Å². The lowest BCUT2D eigenvalue weighted by Gasteiger charge is -2.32. The molecule has 0 saturated carbocycles. The van der Waals surface area contributed by atoms with Crippen molar-refractivity contribution in [3.8, 4) is 5.75 Å². The molecule has 6 atom stereocenters. The normalized spacial score (nSPS) is 29.1. The summed E-state index contributed by atoms with van der Waals surface area (Å²) >= 11 is 0. The highest BCUT2D eigenvalue weighted by Gasteiger charge is 2.64. The number of nitrogens with zero attached hydrogens (tertiary/aromatic N) is 4. The van der Waals surface area contributed by atoms with Gasteiger partial charge in [-0.25, -0.2) is 15.0 Å². The van der Waals surface area contributed by atoms with E-state index in [4.69, 9.17) is 9.47 Å². The molecule has 2 aromatic heterocycles. The van der Waals surface area contributed by atoms with Crippen LogP contribution in [0.3, 0.4) is 0 Å². The van der Waals surface area contributed by atoms with E-state index in [1.54, 1.807) is 43.3 Å². The van der Waals surface area contributed by atoms with Crippen LogP contribution in [0.15, 0.2) is 61.2 Å². The first-order chi connectivity index (χ1) is 19.1. The third kappa shape index (κ3) is 4.14. The highest BCUT2D eigenvalue weighted by molar-refractivity contribution is 5.72. The minimum absolute atomic E-state index is 0.0210. The maximum Gasteiger partial charge on any atom is 0.309 e. The number of imidazole rings is 1. The molecule has 1 aliphatic carbocycles. The SMILES string of the molecule is Cc1ncnc2c1ncn2[C@@H]1O[C@H](COc2cccc(CC[C@]3(O)c4ccccc4[C@H](O)C3(F)F)c2)[C@@H](O)[C@H]1O. The summed E-state index contributed by atoms with van der Waals surface area (Å²) in [5.74, 6) is -3.35. The van der Waals surface area contributed by atoms with E-state index >= 15 is 0 Å². The fraction of sp³-hybridized carbons (Fsp3) is 0.393. The van der Waals surface area contributed by atoms with Gasteiger partial charge in [-0.3, -0.25) is 4.57 Å². The van der Waals surface area contributed by atoms with Crippen LogP contribution in [-0.4, -0.2) is 70.8 Å². The molecule has 0 unspecified atom stereocenters. The van der Waals surface area contributed by atoms with Gasteiger partial charge in [0, 0.05) is 0 Å². The maximum atomic E-state index is 15.0. The number of hydrogen-bond donors (Lipinski definition) is 4. The van der Waals surface area contributed by atoms with Gasteiger partial charge in [-0.1, -0.05) is 36.4 Å². The average molecular weight is 555 g/mol. The monoisotopic (exact) mass is 554 g/mol. The van der Waals surface area contributed by atoms with Crippen molar-refractivity contribution in [1.82, 2.24) is 19.5 Å². The lowest BCUT2D eigenvalue weighted by Crippen LogP contribution is -2.44. The van der Waals surface area contributed by atoms with Crippen LogP contribution in [0.5, 0.6) is 5.75 Å². The molecular weight excluding hydrogens is 526 g/mol. The van der Waals surface area contributed by atoms with Gasteiger partial charge in [0.25, 0.3) is 0 Å². The Labute approximate surface area is 227 Å². The summed E-state index contributed by atoms with van der Waals surface area (Å²) in [6.07, 6.45) is -3.80. The van der Waals surface area contributed by atoms with Crippen molar-refractivity contribution in [3.05, 3.63) is 83.6 Å². The van der Waals surface area contributed by atoms with Crippen LogP contribution < -0.4 is 4.74 Å². The standard InChI is InChI=1S/C28H28F2N4O6/c1-15-21-25(32-13-31-15)34(14-33-21)26-23(36)22(35)20(40-26)12-39-17-6-4-5-16(11-17)9-10-27(38)19-8-3-2-7-18(19)24(37)28(27,29)30/h2-8,11,13-14,20,22-24,26,35-38H,9-10,12H2,1H3/t20-,22-,23-,24+,26-,27+/m1/s1. The zero-order chi connectivity index (χ0) is 28.2. The van der Waals surface area contributed by atoms with Crippen LogP contribution in [0.4, 0.5) is 8.78 Å². The second-order valence-electron chi connectivity index (χ2n) is 10.3. The van der Waals surface area contributed by atoms with Gasteiger partial charge in [0.05, 0.1) is 12.0 Å². The molecule has 6 rings (SSSR count). The van der Waals surface area contributed by atoms with Crippen LogP contribution in [0, 0.1) is 6.92 Å². The van der Waals surface area contributed by atoms with Gasteiger partial charge in [0.15, 0.2) is 17.5 Å². The smallest absolute Gasteiger partial charge is 0.309 e. The van der Waals surface area contributed by atoms with E-state index < -0.39 is 42.2 Å². The first-order valence-electron chi connectivity index (χ1n) is 12.9. The second-order valence-corrected chi connectivity index (χ2v) is 10.3. The molecule has 12 heteroatoms. The first-order valence-corrected chi connectivity index (χ1v) is 12.9. The number of benzene rings is 2. The molecule has 0 radical (unpaired) electrons. The fourth-order valence-corrected chi connectivity index (χ4v) is 5.56. The predicted molar refractivity (Wildman–Crippen MR) is 136 cm³/mol. The van der Waals surface area contributed by atoms with E-state index in [0.717, 1.165) is 0 Å². The number of ether oxygens (including phenoxy) is 2. The van der Waals surface area contributed by atoms with Gasteiger partial charge in [-0.2, -0.15) is 8.78 Å². The number of halogens is 2. The van der Waals surface area contributed by atoms with E-state index in [1.165, 1.54) is 29.4 Å². The molecular formula is C28H28F2N4O6. The molecule has 4 aromatic rings. The maximum absolute atomic E-state index is 15.0. The zero-order valence-electron chi connectivity index (χ0n) is 21.4. The summed E-state index contributed by atoms with van der Waals surface area (Å²) in [6, 6.07) is 12.6. The molecule has 0 amide bonds. The Morgan fingerprint density at radius 3 is 2.65 bits per heavy atom. The van der Waals surface area contributed by atoms with E-state index in [1.807, 2.05) is 0 Å². The summed E-state index contributed by atoms with van der Waals surface area (Å²) in [6.45, 7) is 1.69. The highest BCUT2D eigenvalue weighted by Crippen LogP contribution is 2.56. The van der Waals surface area contributed by atoms with Crippen LogP contribution in [-0.2, 0) is 16.8 Å². The van der Waals surface area contributed by atoms with Crippen molar-refractivity contribution in [2.24, 2.45) is 0 Å². The van der Waals surface area contributed by atoms with Crippen LogP contribution in [0.2, 0.25) is 0 Å². The molecule has 210 valence electrons. The molecule has 3 heterocycles. The summed E-state index contributed by atoms with van der Waals surface area (Å²) in [4.78, 5) is 12.6. The molecule has 2 aromatic carbocycles. The van der Waals surface area contributed by atoms with Gasteiger partial charge >= 0.3 is 5.92 Å². The van der Waals surface area contributed by atoms with E-state index in [2.05, 4.69) is 15.0 Å². The topological polar surface area (TPSA) is 143 Å². The van der Waals surface area contributed by atoms with Gasteiger partial charge < -0.3 is 29.9 Å². The van der Waals surface area contributed by atoms with E-state index in [9.17, 15) is 29.2 Å². The van der Waals surface area contributed by atoms with Crippen molar-refractivity contribution in [2.45, 2.75) is 61.9 Å². The van der Waals surface area contributed by atoms with Crippen molar-refractivity contribution in [3.63, 3.8) is 0 Å². The lowest BCUT2D eigenvalue weighted by molar-refractivity contribution is -0.226. The van der Waals surface area contributed by atoms with Crippen LogP contribution >= 0.6 is 0 Å². The molecule has 40 heavy (non-hydrogen) atoms. The fourth-order valence-electron chi connectivity index (χ4n) is 5.56. The van der Waals surface area contributed by atoms with Gasteiger partial charge in [-0.15, -0.1) is 0 Å². The number of hydrogen-bond acceptors (Lipinski definition) is 9. The van der Waals surface area contributed by atoms with Gasteiger partial charge in [0.2, 0.25) is 0 Å². The molecule has 10 nitrogen and oxygen atoms in total. The van der Waals surface area contributed by atoms with Crippen LogP contribution in [0.1, 0.15) is 41.1 Å². The number of fused-ring (bicyclic) bond motifs is 2. The predicted octanol–water partition coefficient (Wildman–Crippen LogP) is 2.34. The zero-order valence-corrected chi connectivity index (χ0v) is 21.4. The van der Waals surface area contributed by atoms with Gasteiger partial charge in [-0.05, 0) is 48.6 Å². The van der Waals surface area contributed by atoms with Crippen molar-refractivity contribution in [2.75, 3.05) is 6.61 Å². The highest BCUT2D eigenvalue weighted by atomic mass is 19.3. The lowest BCUT2D eigenvalue weighted by atomic mass is 9.86. The number of rotatable bonds is 7. The second kappa shape index (κ2) is 9.82. The summed E-state index contributed by atoms with van der Waals surface area (Å²) in [7, 11) is 0. The Hall–Kier alpha value is -3.55. The molecule has 1 fully saturated rings. The largest absolute Gasteiger partial charge is 0.491 e. The Morgan fingerprint density at radius 1 is 1.02 bits per heavy atom. The van der Waals surface area contributed by atoms with Gasteiger partial charge in [0.1, 0.15) is 48.6 Å². The quantitative estimate of drug-likeness (QED) is 0.271. The Kier molecular flexibility index (Phi) is 6.55. The van der Waals surface area contributed by atoms with Crippen molar-refractivity contribution in [1.29, 1.82) is 0 Å². The Bertz CT molecular complexity index is 1550. The molecule has 4 N–H and O–H groups in total. The molecule has 1 saturated heterocycles. The number of aliphatic hydroxyl groups excluding tert-OH is 3. The van der Waals surface area contributed by atoms with E-state index in [0.29, 0.717) is 28.2 Å². The van der Waals surface area contributed by atoms with Crippen molar-refractivity contribution >= 4 is 11.2 Å². The minimum Gasteiger partial charge on any atom is -0.491 e. The number of alkyl halides is 2. The van der Waals surface area contributed by atoms with Crippen molar-refractivity contribution < 1.29 is 38.7 Å². The number of aryl methyl sites for hydroxylation is 2. The Morgan fingerprint density at radius 2 is 1.82 bits per heavy atom. The number of aliphatic hydroxyl groups is 4. The molecule has 1 aliphatic heterocycles. The third-order valence-electron chi connectivity index (χ3n) is 7.84.